The summed E-state index contributed by atoms with van der Waals surface area (Å²) in [6.45, 7) is 16.5. The quantitative estimate of drug-likeness (QED) is 0.364. The van der Waals surface area contributed by atoms with Gasteiger partial charge in [-0.25, -0.2) is 4.79 Å². The molecule has 0 aromatic heterocycles. The van der Waals surface area contributed by atoms with Gasteiger partial charge in [0.1, 0.15) is 6.10 Å². The van der Waals surface area contributed by atoms with E-state index in [9.17, 15) is 14.7 Å². The van der Waals surface area contributed by atoms with Gasteiger partial charge in [-0.1, -0.05) is 47.5 Å². The normalized spacial score (nSPS) is 42.6. The van der Waals surface area contributed by atoms with Crippen LogP contribution in [-0.4, -0.2) is 47.2 Å². The van der Waals surface area contributed by atoms with E-state index >= 15 is 0 Å². The summed E-state index contributed by atoms with van der Waals surface area (Å²) in [5.74, 6) is 2.89. The maximum atomic E-state index is 11.9. The van der Waals surface area contributed by atoms with E-state index < -0.39 is 17.8 Å². The number of rotatable bonds is 7. The third-order valence-electron chi connectivity index (χ3n) is 11.7. The molecule has 0 bridgehead atoms. The highest BCUT2D eigenvalue weighted by molar-refractivity contribution is 5.66. The van der Waals surface area contributed by atoms with Gasteiger partial charge >= 0.3 is 12.1 Å². The molecule has 5 unspecified atom stereocenters. The summed E-state index contributed by atoms with van der Waals surface area (Å²) in [4.78, 5) is 23.5. The maximum absolute atomic E-state index is 11.9. The summed E-state index contributed by atoms with van der Waals surface area (Å²) in [6.07, 6.45) is 8.29. The summed E-state index contributed by atoms with van der Waals surface area (Å²) >= 11 is 0. The van der Waals surface area contributed by atoms with Crippen LogP contribution in [0, 0.1) is 46.3 Å². The predicted octanol–water partition coefficient (Wildman–Crippen LogP) is 6.24. The molecule has 3 N–H and O–H groups in total. The second-order valence-electron chi connectivity index (χ2n) is 15.1. The van der Waals surface area contributed by atoms with Gasteiger partial charge in [0.25, 0.3) is 0 Å². The molecule has 1 saturated heterocycles. The van der Waals surface area contributed by atoms with Crippen LogP contribution in [0.1, 0.15) is 113 Å². The van der Waals surface area contributed by atoms with Crippen LogP contribution < -0.4 is 5.73 Å². The van der Waals surface area contributed by atoms with Crippen LogP contribution >= 0.6 is 0 Å². The number of primary amides is 1. The van der Waals surface area contributed by atoms with E-state index in [-0.39, 0.29) is 35.1 Å². The van der Waals surface area contributed by atoms with Crippen LogP contribution in [0.3, 0.4) is 0 Å². The molecular weight excluding hydrogens is 494 g/mol. The number of ether oxygens (including phenoxy) is 3. The summed E-state index contributed by atoms with van der Waals surface area (Å²) in [7, 11) is 0. The molecule has 39 heavy (non-hydrogen) atoms. The van der Waals surface area contributed by atoms with Crippen molar-refractivity contribution in [2.75, 3.05) is 0 Å². The fraction of sp³-hybridized carbons (Fsp3) is 0.938. The number of hydrogen-bond acceptors (Lipinski definition) is 6. The molecule has 224 valence electrons. The SMILES string of the molecule is CC(=O)O[C@@H]([C@H]1C[C@@H](C)C2C(CC3[C@H](CCC4C(C)CC[C@H](OC(N)=O)C4(C)C)CCC[C@@]32C)O1)C(C)(C)O. The molecule has 0 spiro atoms. The molecule has 3 saturated carbocycles. The molecule has 1 amide bonds. The molecule has 0 aromatic rings. The number of hydrogen-bond donors (Lipinski definition) is 2. The van der Waals surface area contributed by atoms with Crippen LogP contribution in [0.2, 0.25) is 0 Å². The van der Waals surface area contributed by atoms with E-state index in [1.54, 1.807) is 13.8 Å². The molecule has 7 heteroatoms. The molecule has 1 aliphatic heterocycles. The first kappa shape index (κ1) is 30.6. The Balaban J connectivity index is 1.49. The number of nitrogens with two attached hydrogens (primary N) is 1. The van der Waals surface area contributed by atoms with Crippen molar-refractivity contribution in [3.8, 4) is 0 Å². The minimum absolute atomic E-state index is 0.0952. The summed E-state index contributed by atoms with van der Waals surface area (Å²) in [6, 6.07) is 0. The van der Waals surface area contributed by atoms with Crippen molar-refractivity contribution in [2.45, 2.75) is 143 Å². The highest BCUT2D eigenvalue weighted by atomic mass is 16.6. The zero-order valence-electron chi connectivity index (χ0n) is 25.7. The smallest absolute Gasteiger partial charge is 0.404 e. The van der Waals surface area contributed by atoms with E-state index in [0.29, 0.717) is 35.5 Å². The Kier molecular flexibility index (Phi) is 8.75. The van der Waals surface area contributed by atoms with E-state index in [0.717, 1.165) is 32.1 Å². The fourth-order valence-corrected chi connectivity index (χ4v) is 10.1. The molecule has 4 rings (SSSR count). The Hall–Kier alpha value is -1.34. The minimum atomic E-state index is -1.17. The molecule has 3 aliphatic carbocycles. The first-order chi connectivity index (χ1) is 18.1. The van der Waals surface area contributed by atoms with Crippen molar-refractivity contribution in [3.63, 3.8) is 0 Å². The van der Waals surface area contributed by atoms with E-state index in [1.165, 1.54) is 32.6 Å². The van der Waals surface area contributed by atoms with Crippen molar-refractivity contribution in [3.05, 3.63) is 0 Å². The number of carbonyl (C=O) groups excluding carboxylic acids is 2. The molecular formula is C32H55NO6. The Morgan fingerprint density at radius 1 is 1.08 bits per heavy atom. The lowest BCUT2D eigenvalue weighted by Crippen LogP contribution is -2.54. The van der Waals surface area contributed by atoms with Gasteiger partial charge in [0.05, 0.1) is 17.8 Å². The van der Waals surface area contributed by atoms with Crippen LogP contribution in [0.5, 0.6) is 0 Å². The van der Waals surface area contributed by atoms with Crippen LogP contribution in [-0.2, 0) is 19.0 Å². The topological polar surface area (TPSA) is 108 Å². The summed E-state index contributed by atoms with van der Waals surface area (Å²) in [5.41, 5.74) is 4.40. The van der Waals surface area contributed by atoms with Gasteiger partial charge in [0, 0.05) is 12.3 Å². The third-order valence-corrected chi connectivity index (χ3v) is 11.7. The molecule has 0 radical (unpaired) electrons. The third kappa shape index (κ3) is 6.00. The average Bonchev–Trinajstić information content (AvgIpc) is 3.11. The number of amides is 1. The fourth-order valence-electron chi connectivity index (χ4n) is 10.1. The second kappa shape index (κ2) is 11.2. The van der Waals surface area contributed by atoms with Gasteiger partial charge in [-0.3, -0.25) is 4.79 Å². The first-order valence-corrected chi connectivity index (χ1v) is 15.6. The van der Waals surface area contributed by atoms with Crippen LogP contribution in [0.4, 0.5) is 4.79 Å². The molecule has 4 fully saturated rings. The first-order valence-electron chi connectivity index (χ1n) is 15.6. The van der Waals surface area contributed by atoms with E-state index in [1.807, 2.05) is 0 Å². The molecule has 4 aliphatic rings. The number of esters is 1. The lowest BCUT2D eigenvalue weighted by Gasteiger charge is -2.51. The van der Waals surface area contributed by atoms with Crippen LogP contribution in [0.25, 0.3) is 0 Å². The zero-order chi connectivity index (χ0) is 28.9. The Morgan fingerprint density at radius 2 is 1.77 bits per heavy atom. The molecule has 0 aromatic carbocycles. The number of carbonyl (C=O) groups is 2. The van der Waals surface area contributed by atoms with Crippen molar-refractivity contribution in [2.24, 2.45) is 52.1 Å². The zero-order valence-corrected chi connectivity index (χ0v) is 25.7. The number of fused-ring (bicyclic) bond motifs is 3. The average molecular weight is 550 g/mol. The van der Waals surface area contributed by atoms with Crippen LogP contribution in [0.15, 0.2) is 0 Å². The Bertz CT molecular complexity index is 898. The lowest BCUT2D eigenvalue weighted by molar-refractivity contribution is -0.207. The number of aliphatic hydroxyl groups is 1. The minimum Gasteiger partial charge on any atom is -0.457 e. The van der Waals surface area contributed by atoms with Gasteiger partial charge in [0.2, 0.25) is 0 Å². The standard InChI is InChI=1S/C32H55NO6/c1-18-11-14-26(39-29(33)35)30(4,5)22(18)13-12-21-10-9-15-32(8)23(21)17-24-27(32)19(2)16-25(38-24)28(31(6,7)36)37-20(3)34/h18-19,21-28,36H,9-17H2,1-8H3,(H2,33,35)/t18?,19-,21+,22?,23?,24?,25-,26+,27?,28+,32+/m1/s1. The summed E-state index contributed by atoms with van der Waals surface area (Å²) in [5, 5.41) is 10.8. The van der Waals surface area contributed by atoms with Gasteiger partial charge in [0.15, 0.2) is 6.10 Å². The highest BCUT2D eigenvalue weighted by Gasteiger charge is 2.60. The molecule has 7 nitrogen and oxygen atoms in total. The van der Waals surface area contributed by atoms with Gasteiger partial charge < -0.3 is 25.1 Å². The van der Waals surface area contributed by atoms with Crippen molar-refractivity contribution in [1.82, 2.24) is 0 Å². The van der Waals surface area contributed by atoms with Crippen molar-refractivity contribution in [1.29, 1.82) is 0 Å². The van der Waals surface area contributed by atoms with Crippen molar-refractivity contribution >= 4 is 12.1 Å². The van der Waals surface area contributed by atoms with Crippen molar-refractivity contribution < 1.29 is 28.9 Å². The molecule has 11 atom stereocenters. The van der Waals surface area contributed by atoms with Gasteiger partial charge in [-0.15, -0.1) is 0 Å². The van der Waals surface area contributed by atoms with E-state index in [2.05, 4.69) is 34.6 Å². The predicted molar refractivity (Wildman–Crippen MR) is 151 cm³/mol. The summed E-state index contributed by atoms with van der Waals surface area (Å²) < 4.78 is 18.0. The molecule has 1 heterocycles. The van der Waals surface area contributed by atoms with Gasteiger partial charge in [-0.2, -0.15) is 0 Å². The Labute approximate surface area is 236 Å². The second-order valence-corrected chi connectivity index (χ2v) is 15.1. The highest BCUT2D eigenvalue weighted by Crippen LogP contribution is 2.63. The monoisotopic (exact) mass is 549 g/mol. The lowest BCUT2D eigenvalue weighted by atomic mass is 9.56. The van der Waals surface area contributed by atoms with Gasteiger partial charge in [-0.05, 0) is 99.7 Å². The largest absolute Gasteiger partial charge is 0.457 e. The maximum Gasteiger partial charge on any atom is 0.404 e. The van der Waals surface area contributed by atoms with E-state index in [4.69, 9.17) is 19.9 Å². The Morgan fingerprint density at radius 3 is 2.38 bits per heavy atom.